The number of rotatable bonds is 7. The second kappa shape index (κ2) is 7.31. The van der Waals surface area contributed by atoms with E-state index in [0.29, 0.717) is 5.92 Å². The van der Waals surface area contributed by atoms with Crippen molar-refractivity contribution in [2.24, 2.45) is 5.92 Å². The Kier molecular flexibility index (Phi) is 6.38. The summed E-state index contributed by atoms with van der Waals surface area (Å²) < 4.78 is 45.8. The monoisotopic (exact) mass is 269 g/mol. The van der Waals surface area contributed by atoms with E-state index >= 15 is 0 Å². The topological polar surface area (TPSA) is 30.5 Å². The van der Waals surface area contributed by atoms with Gasteiger partial charge in [0.2, 0.25) is 0 Å². The lowest BCUT2D eigenvalue weighted by Gasteiger charge is -2.16. The van der Waals surface area contributed by atoms with Crippen LogP contribution in [0.5, 0.6) is 0 Å². The molecule has 2 atom stereocenters. The van der Waals surface area contributed by atoms with E-state index in [4.69, 9.17) is 4.74 Å². The highest BCUT2D eigenvalue weighted by Gasteiger charge is 2.30. The fourth-order valence-electron chi connectivity index (χ4n) is 1.89. The van der Waals surface area contributed by atoms with E-state index < -0.39 is 12.8 Å². The van der Waals surface area contributed by atoms with Gasteiger partial charge >= 0.3 is 6.18 Å². The maximum absolute atomic E-state index is 11.9. The average molecular weight is 269 g/mol. The third kappa shape index (κ3) is 7.18. The molecule has 0 spiro atoms. The van der Waals surface area contributed by atoms with Crippen LogP contribution in [0.2, 0.25) is 0 Å². The van der Waals surface area contributed by atoms with E-state index in [2.05, 4.69) is 23.9 Å². The van der Waals surface area contributed by atoms with Gasteiger partial charge < -0.3 is 14.8 Å². The van der Waals surface area contributed by atoms with Crippen molar-refractivity contribution in [3.63, 3.8) is 0 Å². The van der Waals surface area contributed by atoms with Crippen LogP contribution < -0.4 is 5.32 Å². The van der Waals surface area contributed by atoms with Gasteiger partial charge in [0.1, 0.15) is 6.61 Å². The Morgan fingerprint density at radius 2 is 1.94 bits per heavy atom. The Morgan fingerprint density at radius 1 is 1.28 bits per heavy atom. The minimum atomic E-state index is -4.25. The third-order valence-corrected chi connectivity index (χ3v) is 2.69. The van der Waals surface area contributed by atoms with Gasteiger partial charge in [-0.3, -0.25) is 0 Å². The van der Waals surface area contributed by atoms with Crippen LogP contribution >= 0.6 is 0 Å². The quantitative estimate of drug-likeness (QED) is 0.769. The number of nitrogens with one attached hydrogen (secondary N) is 1. The number of hydrogen-bond acceptors (Lipinski definition) is 3. The minimum absolute atomic E-state index is 0.0280. The van der Waals surface area contributed by atoms with Gasteiger partial charge in [0.05, 0.1) is 18.8 Å². The number of ether oxygens (including phenoxy) is 2. The standard InChI is InChI=1S/C12H22F3NO2/c1-9(2)5-16-6-10-3-4-11(18-10)7-17-8-12(13,14)15/h9-11,16H,3-8H2,1-2H3. The number of halogens is 3. The summed E-state index contributed by atoms with van der Waals surface area (Å²) in [7, 11) is 0. The lowest BCUT2D eigenvalue weighted by atomic mass is 10.2. The van der Waals surface area contributed by atoms with Crippen molar-refractivity contribution in [3.8, 4) is 0 Å². The van der Waals surface area contributed by atoms with Gasteiger partial charge in [-0.2, -0.15) is 13.2 Å². The largest absolute Gasteiger partial charge is 0.411 e. The zero-order valence-electron chi connectivity index (χ0n) is 10.9. The molecular formula is C12H22F3NO2. The second-order valence-electron chi connectivity index (χ2n) is 5.14. The predicted molar refractivity (Wildman–Crippen MR) is 62.5 cm³/mol. The van der Waals surface area contributed by atoms with Crippen LogP contribution in [0.1, 0.15) is 26.7 Å². The number of hydrogen-bond donors (Lipinski definition) is 1. The van der Waals surface area contributed by atoms with Crippen molar-refractivity contribution >= 4 is 0 Å². The molecule has 0 aromatic heterocycles. The number of alkyl halides is 3. The SMILES string of the molecule is CC(C)CNCC1CCC(COCC(F)(F)F)O1. The Balaban J connectivity index is 2.06. The molecule has 108 valence electrons. The molecule has 6 heteroatoms. The highest BCUT2D eigenvalue weighted by Crippen LogP contribution is 2.21. The molecule has 1 heterocycles. The first kappa shape index (κ1) is 15.7. The lowest BCUT2D eigenvalue weighted by molar-refractivity contribution is -0.180. The first-order valence-corrected chi connectivity index (χ1v) is 6.37. The van der Waals surface area contributed by atoms with Crippen LogP contribution in [-0.2, 0) is 9.47 Å². The molecule has 0 saturated carbocycles. The molecular weight excluding hydrogens is 247 g/mol. The summed E-state index contributed by atoms with van der Waals surface area (Å²) in [5.74, 6) is 0.581. The van der Waals surface area contributed by atoms with Crippen molar-refractivity contribution in [2.75, 3.05) is 26.3 Å². The van der Waals surface area contributed by atoms with Crippen molar-refractivity contribution in [3.05, 3.63) is 0 Å². The van der Waals surface area contributed by atoms with Gasteiger partial charge in [-0.05, 0) is 25.3 Å². The van der Waals surface area contributed by atoms with Crippen LogP contribution in [0, 0.1) is 5.92 Å². The molecule has 0 amide bonds. The van der Waals surface area contributed by atoms with Crippen LogP contribution in [0.4, 0.5) is 13.2 Å². The fraction of sp³-hybridized carbons (Fsp3) is 1.00. The molecule has 0 aromatic carbocycles. The molecule has 1 rings (SSSR count). The molecule has 0 radical (unpaired) electrons. The highest BCUT2D eigenvalue weighted by atomic mass is 19.4. The van der Waals surface area contributed by atoms with Crippen molar-refractivity contribution in [1.29, 1.82) is 0 Å². The second-order valence-corrected chi connectivity index (χ2v) is 5.14. The molecule has 0 aliphatic carbocycles. The van der Waals surface area contributed by atoms with Crippen LogP contribution in [-0.4, -0.2) is 44.7 Å². The first-order chi connectivity index (χ1) is 8.37. The summed E-state index contributed by atoms with van der Waals surface area (Å²) in [6.07, 6.45) is -2.70. The smallest absolute Gasteiger partial charge is 0.371 e. The van der Waals surface area contributed by atoms with Gasteiger partial charge in [0.25, 0.3) is 0 Å². The van der Waals surface area contributed by atoms with Crippen LogP contribution in [0.3, 0.4) is 0 Å². The predicted octanol–water partition coefficient (Wildman–Crippen LogP) is 2.36. The molecule has 1 aliphatic rings. The normalized spacial score (nSPS) is 25.0. The Morgan fingerprint density at radius 3 is 2.56 bits per heavy atom. The zero-order chi connectivity index (χ0) is 13.6. The van der Waals surface area contributed by atoms with Crippen molar-refractivity contribution < 1.29 is 22.6 Å². The summed E-state index contributed by atoms with van der Waals surface area (Å²) in [6.45, 7) is 4.76. The zero-order valence-corrected chi connectivity index (χ0v) is 10.9. The van der Waals surface area contributed by atoms with E-state index in [1.165, 1.54) is 0 Å². The molecule has 2 unspecified atom stereocenters. The Labute approximate surface area is 106 Å². The molecule has 1 fully saturated rings. The molecule has 1 saturated heterocycles. The maximum Gasteiger partial charge on any atom is 0.411 e. The summed E-state index contributed by atoms with van der Waals surface area (Å²) in [6, 6.07) is 0. The maximum atomic E-state index is 11.9. The van der Waals surface area contributed by atoms with Gasteiger partial charge in [-0.1, -0.05) is 13.8 Å². The first-order valence-electron chi connectivity index (χ1n) is 6.37. The molecule has 1 N–H and O–H groups in total. The van der Waals surface area contributed by atoms with Gasteiger partial charge in [0, 0.05) is 6.54 Å². The van der Waals surface area contributed by atoms with E-state index in [1.807, 2.05) is 0 Å². The summed E-state index contributed by atoms with van der Waals surface area (Å²) in [5, 5.41) is 3.28. The van der Waals surface area contributed by atoms with E-state index in [-0.39, 0.29) is 18.8 Å². The fourth-order valence-corrected chi connectivity index (χ4v) is 1.89. The highest BCUT2D eigenvalue weighted by molar-refractivity contribution is 4.75. The molecule has 0 bridgehead atoms. The van der Waals surface area contributed by atoms with E-state index in [9.17, 15) is 13.2 Å². The van der Waals surface area contributed by atoms with E-state index in [0.717, 1.165) is 25.9 Å². The summed E-state index contributed by atoms with van der Waals surface area (Å²) >= 11 is 0. The van der Waals surface area contributed by atoms with E-state index in [1.54, 1.807) is 0 Å². The van der Waals surface area contributed by atoms with Crippen LogP contribution in [0.25, 0.3) is 0 Å². The lowest BCUT2D eigenvalue weighted by Crippen LogP contribution is -2.30. The molecule has 18 heavy (non-hydrogen) atoms. The van der Waals surface area contributed by atoms with Gasteiger partial charge in [0.15, 0.2) is 0 Å². The third-order valence-electron chi connectivity index (χ3n) is 2.69. The van der Waals surface area contributed by atoms with Crippen molar-refractivity contribution in [2.45, 2.75) is 45.1 Å². The van der Waals surface area contributed by atoms with Crippen molar-refractivity contribution in [1.82, 2.24) is 5.32 Å². The summed E-state index contributed by atoms with van der Waals surface area (Å²) in [5.41, 5.74) is 0. The molecule has 3 nitrogen and oxygen atoms in total. The summed E-state index contributed by atoms with van der Waals surface area (Å²) in [4.78, 5) is 0. The molecule has 0 aromatic rings. The van der Waals surface area contributed by atoms with Gasteiger partial charge in [-0.25, -0.2) is 0 Å². The Hall–Kier alpha value is -0.330. The molecule has 1 aliphatic heterocycles. The van der Waals surface area contributed by atoms with Gasteiger partial charge in [-0.15, -0.1) is 0 Å². The Bertz CT molecular complexity index is 234. The van der Waals surface area contributed by atoms with Crippen LogP contribution in [0.15, 0.2) is 0 Å². The average Bonchev–Trinajstić information content (AvgIpc) is 2.63. The minimum Gasteiger partial charge on any atom is -0.371 e.